The zero-order chi connectivity index (χ0) is 20.9. The number of fused-ring (bicyclic) bond motifs is 2. The van der Waals surface area contributed by atoms with E-state index in [1.54, 1.807) is 18.2 Å². The lowest BCUT2D eigenvalue weighted by Gasteiger charge is -2.35. The van der Waals surface area contributed by atoms with Crippen molar-refractivity contribution in [3.05, 3.63) is 39.9 Å². The summed E-state index contributed by atoms with van der Waals surface area (Å²) in [5.74, 6) is -0.856. The van der Waals surface area contributed by atoms with E-state index in [-0.39, 0.29) is 17.6 Å². The van der Waals surface area contributed by atoms with Crippen LogP contribution in [0.2, 0.25) is 0 Å². The van der Waals surface area contributed by atoms with Crippen molar-refractivity contribution in [3.63, 3.8) is 0 Å². The van der Waals surface area contributed by atoms with Crippen LogP contribution in [-0.2, 0) is 19.1 Å². The van der Waals surface area contributed by atoms with E-state index < -0.39 is 33.4 Å². The summed E-state index contributed by atoms with van der Waals surface area (Å²) in [6.07, 6.45) is 0.587. The summed E-state index contributed by atoms with van der Waals surface area (Å²) in [5, 5.41) is 11.5. The van der Waals surface area contributed by atoms with Crippen LogP contribution in [-0.4, -0.2) is 22.5 Å². The van der Waals surface area contributed by atoms with E-state index in [0.29, 0.717) is 24.8 Å². The maximum Gasteiger partial charge on any atom is 0.351 e. The van der Waals surface area contributed by atoms with Crippen molar-refractivity contribution >= 4 is 17.6 Å². The highest BCUT2D eigenvalue weighted by Gasteiger charge is 2.76. The fraction of sp³-hybridized carbons (Fsp3) is 0.619. The van der Waals surface area contributed by atoms with Gasteiger partial charge in [-0.25, -0.2) is 4.79 Å². The van der Waals surface area contributed by atoms with Gasteiger partial charge in [0.1, 0.15) is 6.10 Å². The van der Waals surface area contributed by atoms with Gasteiger partial charge in [0.25, 0.3) is 5.69 Å². The number of hydrogen-bond donors (Lipinski definition) is 0. The predicted molar refractivity (Wildman–Crippen MR) is 101 cm³/mol. The summed E-state index contributed by atoms with van der Waals surface area (Å²) >= 11 is 0. The minimum Gasteiger partial charge on any atom is -0.454 e. The second-order valence-corrected chi connectivity index (χ2v) is 9.01. The first-order chi connectivity index (χ1) is 13.0. The quantitative estimate of drug-likeness (QED) is 0.408. The zero-order valence-electron chi connectivity index (χ0n) is 17.0. The molecule has 7 heteroatoms. The third-order valence-corrected chi connectivity index (χ3v) is 6.83. The highest BCUT2D eigenvalue weighted by atomic mass is 16.6. The molecule has 1 aromatic carbocycles. The van der Waals surface area contributed by atoms with Gasteiger partial charge >= 0.3 is 11.9 Å². The van der Waals surface area contributed by atoms with Gasteiger partial charge in [-0.3, -0.25) is 14.9 Å². The molecule has 28 heavy (non-hydrogen) atoms. The Labute approximate surface area is 164 Å². The number of nitro groups is 1. The van der Waals surface area contributed by atoms with Crippen LogP contribution in [0.15, 0.2) is 24.3 Å². The van der Waals surface area contributed by atoms with Crippen LogP contribution in [0.25, 0.3) is 0 Å². The smallest absolute Gasteiger partial charge is 0.351 e. The van der Waals surface area contributed by atoms with E-state index in [1.807, 2.05) is 34.6 Å². The van der Waals surface area contributed by atoms with Gasteiger partial charge in [-0.05, 0) is 38.2 Å². The van der Waals surface area contributed by atoms with Gasteiger partial charge in [0.05, 0.1) is 15.9 Å². The minimum absolute atomic E-state index is 0.0858. The molecule has 0 amide bonds. The molecule has 2 bridgehead atoms. The normalized spacial score (nSPS) is 28.9. The van der Waals surface area contributed by atoms with Crippen molar-refractivity contribution in [1.82, 2.24) is 0 Å². The van der Waals surface area contributed by atoms with E-state index in [9.17, 15) is 19.7 Å². The van der Waals surface area contributed by atoms with Crippen LogP contribution < -0.4 is 0 Å². The fourth-order valence-corrected chi connectivity index (χ4v) is 4.52. The Morgan fingerprint density at radius 2 is 1.89 bits per heavy atom. The topological polar surface area (TPSA) is 95.7 Å². The number of para-hydroxylation sites is 1. The predicted octanol–water partition coefficient (Wildman–Crippen LogP) is 4.35. The highest BCUT2D eigenvalue weighted by Crippen LogP contribution is 2.66. The second kappa shape index (κ2) is 6.57. The Kier molecular flexibility index (Phi) is 4.76. The van der Waals surface area contributed by atoms with Gasteiger partial charge < -0.3 is 9.47 Å². The summed E-state index contributed by atoms with van der Waals surface area (Å²) in [6, 6.07) is 6.29. The average Bonchev–Trinajstić information content (AvgIpc) is 2.91. The molecule has 1 aromatic rings. The molecule has 0 aromatic heterocycles. The van der Waals surface area contributed by atoms with Crippen LogP contribution in [0.1, 0.15) is 65.5 Å². The van der Waals surface area contributed by atoms with Gasteiger partial charge in [-0.1, -0.05) is 39.8 Å². The van der Waals surface area contributed by atoms with Gasteiger partial charge in [-0.2, -0.15) is 0 Å². The van der Waals surface area contributed by atoms with Gasteiger partial charge in [0.2, 0.25) is 5.60 Å². The summed E-state index contributed by atoms with van der Waals surface area (Å²) in [6.45, 7) is 9.45. The molecule has 0 spiro atoms. The summed E-state index contributed by atoms with van der Waals surface area (Å²) < 4.78 is 11.5. The molecule has 1 saturated carbocycles. The number of hydrogen-bond acceptors (Lipinski definition) is 6. The van der Waals surface area contributed by atoms with Crippen molar-refractivity contribution in [2.75, 3.05) is 0 Å². The molecule has 0 N–H and O–H groups in total. The number of esters is 2. The summed E-state index contributed by atoms with van der Waals surface area (Å²) in [5.41, 5.74) is -2.54. The lowest BCUT2D eigenvalue weighted by molar-refractivity contribution is -0.386. The summed E-state index contributed by atoms with van der Waals surface area (Å²) in [4.78, 5) is 36.7. The van der Waals surface area contributed by atoms with E-state index >= 15 is 0 Å². The number of benzene rings is 1. The average molecular weight is 389 g/mol. The van der Waals surface area contributed by atoms with Crippen LogP contribution in [0, 0.1) is 26.9 Å². The number of carbonyl (C=O) groups is 2. The van der Waals surface area contributed by atoms with E-state index in [0.717, 1.165) is 0 Å². The van der Waals surface area contributed by atoms with Crippen molar-refractivity contribution in [2.24, 2.45) is 16.7 Å². The largest absolute Gasteiger partial charge is 0.454 e. The summed E-state index contributed by atoms with van der Waals surface area (Å²) in [7, 11) is 0. The number of nitro benzene ring substituents is 1. The van der Waals surface area contributed by atoms with Gasteiger partial charge in [0.15, 0.2) is 0 Å². The zero-order valence-corrected chi connectivity index (χ0v) is 17.0. The van der Waals surface area contributed by atoms with Gasteiger partial charge in [-0.15, -0.1) is 0 Å². The molecule has 3 rings (SSSR count). The van der Waals surface area contributed by atoms with Crippen molar-refractivity contribution < 1.29 is 24.0 Å². The van der Waals surface area contributed by atoms with Crippen LogP contribution >= 0.6 is 0 Å². The van der Waals surface area contributed by atoms with Crippen LogP contribution in [0.3, 0.4) is 0 Å². The number of carbonyl (C=O) groups excluding carboxylic acids is 2. The highest BCUT2D eigenvalue weighted by molar-refractivity contribution is 5.93. The molecule has 152 valence electrons. The monoisotopic (exact) mass is 389 g/mol. The Morgan fingerprint density at radius 3 is 2.39 bits per heavy atom. The molecular formula is C21H27NO6. The third-order valence-electron chi connectivity index (χ3n) is 6.83. The molecule has 1 heterocycles. The fourth-order valence-electron chi connectivity index (χ4n) is 4.52. The van der Waals surface area contributed by atoms with E-state index in [4.69, 9.17) is 9.47 Å². The molecule has 2 aliphatic rings. The molecule has 1 aliphatic carbocycles. The van der Waals surface area contributed by atoms with Crippen molar-refractivity contribution in [2.45, 2.75) is 65.6 Å². The first-order valence-electron chi connectivity index (χ1n) is 9.64. The van der Waals surface area contributed by atoms with E-state index in [1.165, 1.54) is 6.07 Å². The molecule has 1 saturated heterocycles. The molecule has 3 atom stereocenters. The Bertz CT molecular complexity index is 832. The lowest BCUT2D eigenvalue weighted by Crippen LogP contribution is -2.49. The number of rotatable bonds is 6. The Morgan fingerprint density at radius 1 is 1.25 bits per heavy atom. The first-order valence-corrected chi connectivity index (χ1v) is 9.64. The van der Waals surface area contributed by atoms with Crippen LogP contribution in [0.5, 0.6) is 0 Å². The molecule has 1 aliphatic heterocycles. The molecule has 2 fully saturated rings. The first kappa shape index (κ1) is 20.3. The van der Waals surface area contributed by atoms with Gasteiger partial charge in [0, 0.05) is 11.5 Å². The lowest BCUT2D eigenvalue weighted by atomic mass is 9.66. The van der Waals surface area contributed by atoms with E-state index in [2.05, 4.69) is 0 Å². The molecule has 1 unspecified atom stereocenters. The Balaban J connectivity index is 1.96. The molecular weight excluding hydrogens is 362 g/mol. The van der Waals surface area contributed by atoms with Crippen molar-refractivity contribution in [1.29, 1.82) is 0 Å². The number of ether oxygens (including phenoxy) is 2. The minimum atomic E-state index is -1.35. The van der Waals surface area contributed by atoms with Crippen molar-refractivity contribution in [3.8, 4) is 0 Å². The standard InChI is InChI=1S/C21H27NO6/c1-13(2)12-16(14-8-6-7-9-15(14)22(25)26)27-18(24)21-11-10-20(5,17(23)28-21)19(21,3)4/h6-9,13,16H,10-12H2,1-5H3/t16?,20-,21+/m0/s1. The van der Waals surface area contributed by atoms with Crippen LogP contribution in [0.4, 0.5) is 5.69 Å². The number of nitrogens with zero attached hydrogens (tertiary/aromatic N) is 1. The third kappa shape index (κ3) is 2.71. The second-order valence-electron chi connectivity index (χ2n) is 9.01. The SMILES string of the molecule is CC(C)CC(OC(=O)[C@@]12CC[C@@](C)(C(=O)O1)C2(C)C)c1ccccc1[N+](=O)[O-]. The Hall–Kier alpha value is -2.44. The maximum absolute atomic E-state index is 13.3. The molecule has 0 radical (unpaired) electrons. The molecule has 7 nitrogen and oxygen atoms in total. The maximum atomic E-state index is 13.3.